The van der Waals surface area contributed by atoms with Crippen molar-refractivity contribution >= 4 is 69.6 Å². The molecule has 1 aromatic carbocycles. The Bertz CT molecular complexity index is 888. The van der Waals surface area contributed by atoms with Gasteiger partial charge in [0.15, 0.2) is 5.11 Å². The van der Waals surface area contributed by atoms with Crippen molar-refractivity contribution in [2.75, 3.05) is 36.4 Å². The smallest absolute Gasteiger partial charge is 0.337 e. The van der Waals surface area contributed by atoms with Crippen molar-refractivity contribution in [3.63, 3.8) is 0 Å². The minimum absolute atomic E-state index is 0.0501. The largest absolute Gasteiger partial charge is 0.478 e. The molecule has 1 saturated heterocycles. The Labute approximate surface area is 176 Å². The van der Waals surface area contributed by atoms with E-state index < -0.39 is 5.97 Å². The van der Waals surface area contributed by atoms with Gasteiger partial charge in [-0.15, -0.1) is 0 Å². The van der Waals surface area contributed by atoms with Crippen LogP contribution >= 0.6 is 47.0 Å². The van der Waals surface area contributed by atoms with Crippen molar-refractivity contribution in [3.05, 3.63) is 51.1 Å². The number of nitrogens with one attached hydrogen (secondary N) is 1. The van der Waals surface area contributed by atoms with Gasteiger partial charge in [-0.25, -0.2) is 9.78 Å². The summed E-state index contributed by atoms with van der Waals surface area (Å²) in [6.45, 7) is 2.78. The van der Waals surface area contributed by atoms with Crippen molar-refractivity contribution in [2.45, 2.75) is 0 Å². The van der Waals surface area contributed by atoms with Crippen LogP contribution < -0.4 is 10.2 Å². The number of piperazine rings is 1. The van der Waals surface area contributed by atoms with Gasteiger partial charge in [0.25, 0.3) is 0 Å². The molecule has 6 nitrogen and oxygen atoms in total. The van der Waals surface area contributed by atoms with Crippen LogP contribution in [0.4, 0.5) is 11.5 Å². The lowest BCUT2D eigenvalue weighted by Gasteiger charge is -2.37. The highest BCUT2D eigenvalue weighted by molar-refractivity contribution is 7.80. The summed E-state index contributed by atoms with van der Waals surface area (Å²) < 4.78 is 0. The molecule has 27 heavy (non-hydrogen) atoms. The first kappa shape index (κ1) is 19.9. The predicted octanol–water partition coefficient (Wildman–Crippen LogP) is 4.26. The zero-order chi connectivity index (χ0) is 19.6. The summed E-state index contributed by atoms with van der Waals surface area (Å²) in [5, 5.41) is 13.8. The fourth-order valence-corrected chi connectivity index (χ4v) is 3.79. The van der Waals surface area contributed by atoms with Crippen molar-refractivity contribution in [3.8, 4) is 0 Å². The van der Waals surface area contributed by atoms with E-state index in [0.29, 0.717) is 52.8 Å². The first-order valence-electron chi connectivity index (χ1n) is 8.00. The van der Waals surface area contributed by atoms with Gasteiger partial charge in [0, 0.05) is 38.1 Å². The summed E-state index contributed by atoms with van der Waals surface area (Å²) in [6, 6.07) is 6.30. The first-order chi connectivity index (χ1) is 12.8. The molecular formula is C17H15Cl3N4O2S. The van der Waals surface area contributed by atoms with E-state index >= 15 is 0 Å². The molecule has 3 rings (SSSR count). The highest BCUT2D eigenvalue weighted by Crippen LogP contribution is 2.27. The number of thiocarbonyl (C=S) groups is 1. The van der Waals surface area contributed by atoms with Crippen LogP contribution in [-0.2, 0) is 0 Å². The van der Waals surface area contributed by atoms with Gasteiger partial charge in [-0.2, -0.15) is 0 Å². The van der Waals surface area contributed by atoms with E-state index in [-0.39, 0.29) is 10.6 Å². The molecule has 0 spiro atoms. The molecule has 0 amide bonds. The average molecular weight is 446 g/mol. The molecule has 0 aliphatic carbocycles. The second-order valence-electron chi connectivity index (χ2n) is 5.86. The number of anilines is 2. The van der Waals surface area contributed by atoms with Crippen LogP contribution in [0.3, 0.4) is 0 Å². The molecule has 0 saturated carbocycles. The highest BCUT2D eigenvalue weighted by Gasteiger charge is 2.22. The normalized spacial score (nSPS) is 14.2. The van der Waals surface area contributed by atoms with Gasteiger partial charge >= 0.3 is 5.97 Å². The molecule has 0 bridgehead atoms. The number of aromatic nitrogens is 1. The molecule has 1 aromatic heterocycles. The molecule has 2 heterocycles. The number of benzene rings is 1. The lowest BCUT2D eigenvalue weighted by molar-refractivity contribution is 0.0697. The second-order valence-corrected chi connectivity index (χ2v) is 7.50. The lowest BCUT2D eigenvalue weighted by Crippen LogP contribution is -2.50. The third kappa shape index (κ3) is 4.73. The van der Waals surface area contributed by atoms with E-state index in [0.717, 1.165) is 0 Å². The van der Waals surface area contributed by atoms with Crippen LogP contribution in [0, 0.1) is 0 Å². The maximum Gasteiger partial charge on any atom is 0.337 e. The van der Waals surface area contributed by atoms with Crippen molar-refractivity contribution in [1.29, 1.82) is 0 Å². The highest BCUT2D eigenvalue weighted by atomic mass is 35.5. The minimum atomic E-state index is -1.07. The summed E-state index contributed by atoms with van der Waals surface area (Å²) in [4.78, 5) is 19.4. The van der Waals surface area contributed by atoms with Gasteiger partial charge in [-0.1, -0.05) is 34.8 Å². The fraction of sp³-hybridized carbons (Fsp3) is 0.235. The van der Waals surface area contributed by atoms with Gasteiger partial charge < -0.3 is 20.2 Å². The summed E-state index contributed by atoms with van der Waals surface area (Å²) in [6.07, 6.45) is 1.58. The number of carboxylic acid groups (broad SMARTS) is 1. The van der Waals surface area contributed by atoms with Crippen molar-refractivity contribution in [1.82, 2.24) is 9.88 Å². The van der Waals surface area contributed by atoms with Gasteiger partial charge in [0.1, 0.15) is 5.82 Å². The Kier molecular flexibility index (Phi) is 6.26. The van der Waals surface area contributed by atoms with E-state index in [1.54, 1.807) is 24.4 Å². The Morgan fingerprint density at radius 1 is 1.11 bits per heavy atom. The molecule has 0 radical (unpaired) electrons. The molecular weight excluding hydrogens is 431 g/mol. The molecule has 0 atom stereocenters. The quantitative estimate of drug-likeness (QED) is 0.684. The average Bonchev–Trinajstić information content (AvgIpc) is 2.61. The number of hydrogen-bond acceptors (Lipinski definition) is 4. The van der Waals surface area contributed by atoms with Crippen LogP contribution in [0.5, 0.6) is 0 Å². The summed E-state index contributed by atoms with van der Waals surface area (Å²) >= 11 is 23.6. The number of carboxylic acids is 1. The Morgan fingerprint density at radius 3 is 2.41 bits per heavy atom. The summed E-state index contributed by atoms with van der Waals surface area (Å²) in [7, 11) is 0. The third-order valence-corrected chi connectivity index (χ3v) is 5.26. The maximum atomic E-state index is 11.0. The second kappa shape index (κ2) is 8.48. The molecule has 1 aliphatic rings. The van der Waals surface area contributed by atoms with Gasteiger partial charge in [0.2, 0.25) is 0 Å². The molecule has 2 aromatic rings. The van der Waals surface area contributed by atoms with Gasteiger partial charge in [-0.05, 0) is 36.5 Å². The maximum absolute atomic E-state index is 11.0. The van der Waals surface area contributed by atoms with Gasteiger partial charge in [-0.3, -0.25) is 0 Å². The fourth-order valence-electron chi connectivity index (χ4n) is 2.73. The Morgan fingerprint density at radius 2 is 1.81 bits per heavy atom. The van der Waals surface area contributed by atoms with E-state index in [9.17, 15) is 4.79 Å². The van der Waals surface area contributed by atoms with Crippen LogP contribution in [-0.4, -0.2) is 52.3 Å². The van der Waals surface area contributed by atoms with Crippen LogP contribution in [0.1, 0.15) is 10.4 Å². The van der Waals surface area contributed by atoms with E-state index in [4.69, 9.17) is 52.1 Å². The topological polar surface area (TPSA) is 68.7 Å². The number of rotatable bonds is 3. The van der Waals surface area contributed by atoms with Crippen LogP contribution in [0.15, 0.2) is 30.5 Å². The summed E-state index contributed by atoms with van der Waals surface area (Å²) in [5.41, 5.74) is 0.689. The van der Waals surface area contributed by atoms with E-state index in [2.05, 4.69) is 15.2 Å². The lowest BCUT2D eigenvalue weighted by atomic mass is 10.2. The monoisotopic (exact) mass is 444 g/mol. The zero-order valence-corrected chi connectivity index (χ0v) is 17.0. The van der Waals surface area contributed by atoms with Crippen LogP contribution in [0.2, 0.25) is 15.1 Å². The molecule has 1 aliphatic heterocycles. The standard InChI is InChI=1S/C17H15Cl3N4O2S/c18-10-7-14(20)15(21-9-10)23-3-5-24(6-4-23)17(27)22-11-1-2-12(16(25)26)13(19)8-11/h1-2,7-9H,3-6H2,(H,22,27)(H,25,26). The summed E-state index contributed by atoms with van der Waals surface area (Å²) in [5.74, 6) is -0.365. The number of nitrogens with zero attached hydrogens (tertiary/aromatic N) is 3. The predicted molar refractivity (Wildman–Crippen MR) is 113 cm³/mol. The van der Waals surface area contributed by atoms with Crippen LogP contribution in [0.25, 0.3) is 0 Å². The minimum Gasteiger partial charge on any atom is -0.478 e. The molecule has 142 valence electrons. The van der Waals surface area contributed by atoms with E-state index in [1.807, 2.05) is 4.90 Å². The molecule has 10 heteroatoms. The number of carbonyl (C=O) groups is 1. The van der Waals surface area contributed by atoms with Crippen molar-refractivity contribution in [2.24, 2.45) is 0 Å². The number of hydrogen-bond donors (Lipinski definition) is 2. The molecule has 0 unspecified atom stereocenters. The van der Waals surface area contributed by atoms with Crippen molar-refractivity contribution < 1.29 is 9.90 Å². The van der Waals surface area contributed by atoms with Gasteiger partial charge in [0.05, 0.1) is 20.6 Å². The number of pyridine rings is 1. The Hall–Kier alpha value is -1.80. The Balaban J connectivity index is 1.60. The first-order valence-corrected chi connectivity index (χ1v) is 9.54. The van der Waals surface area contributed by atoms with E-state index in [1.165, 1.54) is 6.07 Å². The molecule has 1 fully saturated rings. The third-order valence-electron chi connectivity index (χ3n) is 4.11. The zero-order valence-electron chi connectivity index (χ0n) is 14.0. The number of aromatic carboxylic acids is 1. The molecule has 2 N–H and O–H groups in total. The number of halogens is 3. The SMILES string of the molecule is O=C(O)c1ccc(NC(=S)N2CCN(c3ncc(Cl)cc3Cl)CC2)cc1Cl.